The molecule has 35 heavy (non-hydrogen) atoms. The lowest BCUT2D eigenvalue weighted by Crippen LogP contribution is -2.12. The number of methoxy groups -OCH3 is 2. The Kier molecular flexibility index (Phi) is 6.12. The third-order valence-electron chi connectivity index (χ3n) is 7.53. The van der Waals surface area contributed by atoms with E-state index in [2.05, 4.69) is 24.3 Å². The molecule has 1 atom stereocenters. The van der Waals surface area contributed by atoms with Gasteiger partial charge >= 0.3 is 6.18 Å². The van der Waals surface area contributed by atoms with E-state index < -0.39 is 11.7 Å². The van der Waals surface area contributed by atoms with Gasteiger partial charge in [0.1, 0.15) is 11.5 Å². The van der Waals surface area contributed by atoms with E-state index in [1.165, 1.54) is 34.0 Å². The number of aryl methyl sites for hydroxylation is 3. The number of hydrogen-bond acceptors (Lipinski definition) is 2. The summed E-state index contributed by atoms with van der Waals surface area (Å²) in [6.07, 6.45) is 0.259. The van der Waals surface area contributed by atoms with Crippen molar-refractivity contribution in [1.82, 2.24) is 0 Å². The molecule has 5 heteroatoms. The van der Waals surface area contributed by atoms with Crippen LogP contribution in [0, 0.1) is 6.92 Å². The predicted molar refractivity (Wildman–Crippen MR) is 135 cm³/mol. The molecule has 0 N–H and O–H groups in total. The normalized spacial score (nSPS) is 15.9. The third-order valence-corrected chi connectivity index (χ3v) is 7.53. The van der Waals surface area contributed by atoms with Crippen LogP contribution in [0.2, 0.25) is 0 Å². The molecule has 4 aromatic rings. The number of benzene rings is 4. The fourth-order valence-electron chi connectivity index (χ4n) is 5.71. The van der Waals surface area contributed by atoms with Crippen molar-refractivity contribution >= 4 is 21.5 Å². The van der Waals surface area contributed by atoms with Crippen LogP contribution in [-0.2, 0) is 19.0 Å². The largest absolute Gasteiger partial charge is 0.496 e. The Balaban J connectivity index is 1.54. The van der Waals surface area contributed by atoms with E-state index in [0.717, 1.165) is 59.1 Å². The zero-order chi connectivity index (χ0) is 24.7. The van der Waals surface area contributed by atoms with E-state index in [9.17, 15) is 13.2 Å². The van der Waals surface area contributed by atoms with Crippen molar-refractivity contribution in [3.05, 3.63) is 82.4 Å². The van der Waals surface area contributed by atoms with Gasteiger partial charge in [0.05, 0.1) is 25.2 Å². The number of rotatable bonds is 5. The van der Waals surface area contributed by atoms with Crippen molar-refractivity contribution in [2.24, 2.45) is 0 Å². The zero-order valence-corrected chi connectivity index (χ0v) is 20.3. The molecule has 1 aliphatic carbocycles. The average Bonchev–Trinajstić information content (AvgIpc) is 2.86. The van der Waals surface area contributed by atoms with Crippen molar-refractivity contribution in [3.8, 4) is 11.5 Å². The molecule has 0 heterocycles. The van der Waals surface area contributed by atoms with Gasteiger partial charge in [0, 0.05) is 0 Å². The maximum atomic E-state index is 13.2. The SMILES string of the molecule is COc1cccc2c1c(OC)cc1c3c(ccc12)[C@H](CCc1cc(C(F)(F)F)ccc1C)CCC3. The highest BCUT2D eigenvalue weighted by Gasteiger charge is 2.31. The predicted octanol–water partition coefficient (Wildman–Crippen LogP) is 8.39. The van der Waals surface area contributed by atoms with Crippen molar-refractivity contribution in [2.75, 3.05) is 14.2 Å². The number of halogens is 3. The Morgan fingerprint density at radius 1 is 0.886 bits per heavy atom. The lowest BCUT2D eigenvalue weighted by molar-refractivity contribution is -0.137. The van der Waals surface area contributed by atoms with Crippen molar-refractivity contribution in [2.45, 2.75) is 51.1 Å². The van der Waals surface area contributed by atoms with Crippen LogP contribution in [0.15, 0.2) is 54.6 Å². The molecular weight excluding hydrogens is 449 g/mol. The second kappa shape index (κ2) is 9.10. The highest BCUT2D eigenvalue weighted by atomic mass is 19.4. The molecule has 0 unspecified atom stereocenters. The molecule has 0 spiro atoms. The summed E-state index contributed by atoms with van der Waals surface area (Å²) in [4.78, 5) is 0. The van der Waals surface area contributed by atoms with Crippen LogP contribution in [0.4, 0.5) is 13.2 Å². The quantitative estimate of drug-likeness (QED) is 0.268. The number of ether oxygens (including phenoxy) is 2. The second-order valence-corrected chi connectivity index (χ2v) is 9.46. The van der Waals surface area contributed by atoms with Gasteiger partial charge in [0.15, 0.2) is 0 Å². The molecule has 0 aromatic heterocycles. The lowest BCUT2D eigenvalue weighted by atomic mass is 9.77. The molecule has 4 aromatic carbocycles. The van der Waals surface area contributed by atoms with Crippen LogP contribution < -0.4 is 9.47 Å². The molecule has 5 rings (SSSR count). The van der Waals surface area contributed by atoms with Crippen LogP contribution in [0.5, 0.6) is 11.5 Å². The van der Waals surface area contributed by atoms with Crippen LogP contribution in [-0.4, -0.2) is 14.2 Å². The first-order chi connectivity index (χ1) is 16.8. The minimum Gasteiger partial charge on any atom is -0.496 e. The van der Waals surface area contributed by atoms with E-state index >= 15 is 0 Å². The minimum absolute atomic E-state index is 0.323. The molecule has 2 nitrogen and oxygen atoms in total. The summed E-state index contributed by atoms with van der Waals surface area (Å²) in [5.74, 6) is 1.90. The molecule has 0 bridgehead atoms. The summed E-state index contributed by atoms with van der Waals surface area (Å²) in [5.41, 5.74) is 3.79. The average molecular weight is 479 g/mol. The summed E-state index contributed by atoms with van der Waals surface area (Å²) >= 11 is 0. The lowest BCUT2D eigenvalue weighted by Gasteiger charge is -2.28. The zero-order valence-electron chi connectivity index (χ0n) is 20.3. The Labute approximate surface area is 203 Å². The van der Waals surface area contributed by atoms with E-state index in [1.54, 1.807) is 20.3 Å². The maximum absolute atomic E-state index is 13.2. The highest BCUT2D eigenvalue weighted by Crippen LogP contribution is 2.44. The Bertz CT molecular complexity index is 1400. The Morgan fingerprint density at radius 2 is 1.69 bits per heavy atom. The fourth-order valence-corrected chi connectivity index (χ4v) is 5.71. The van der Waals surface area contributed by atoms with Gasteiger partial charge in [-0.1, -0.05) is 30.3 Å². The topological polar surface area (TPSA) is 18.5 Å². The van der Waals surface area contributed by atoms with E-state index in [4.69, 9.17) is 9.47 Å². The Hall–Kier alpha value is -3.21. The van der Waals surface area contributed by atoms with E-state index in [-0.39, 0.29) is 0 Å². The smallest absolute Gasteiger partial charge is 0.416 e. The molecule has 182 valence electrons. The molecule has 1 aliphatic rings. The van der Waals surface area contributed by atoms with Gasteiger partial charge < -0.3 is 9.47 Å². The van der Waals surface area contributed by atoms with Gasteiger partial charge in [-0.15, -0.1) is 0 Å². The minimum atomic E-state index is -4.32. The van der Waals surface area contributed by atoms with E-state index in [0.29, 0.717) is 12.3 Å². The van der Waals surface area contributed by atoms with Gasteiger partial charge in [-0.2, -0.15) is 13.2 Å². The van der Waals surface area contributed by atoms with Crippen molar-refractivity contribution < 1.29 is 22.6 Å². The van der Waals surface area contributed by atoms with Crippen LogP contribution in [0.25, 0.3) is 21.5 Å². The monoisotopic (exact) mass is 478 g/mol. The molecule has 0 aliphatic heterocycles. The van der Waals surface area contributed by atoms with Crippen molar-refractivity contribution in [1.29, 1.82) is 0 Å². The number of fused-ring (bicyclic) bond motifs is 5. The molecular formula is C30H29F3O2. The first kappa shape index (κ1) is 23.5. The van der Waals surface area contributed by atoms with E-state index in [1.807, 2.05) is 19.1 Å². The Morgan fingerprint density at radius 3 is 2.43 bits per heavy atom. The molecule has 0 saturated heterocycles. The van der Waals surface area contributed by atoms with Gasteiger partial charge in [0.25, 0.3) is 0 Å². The van der Waals surface area contributed by atoms with Crippen LogP contribution >= 0.6 is 0 Å². The maximum Gasteiger partial charge on any atom is 0.416 e. The third kappa shape index (κ3) is 4.22. The van der Waals surface area contributed by atoms with Crippen LogP contribution in [0.3, 0.4) is 0 Å². The summed E-state index contributed by atoms with van der Waals surface area (Å²) in [6, 6.07) is 16.7. The first-order valence-corrected chi connectivity index (χ1v) is 12.1. The number of alkyl halides is 3. The highest BCUT2D eigenvalue weighted by molar-refractivity contribution is 6.13. The molecule has 0 radical (unpaired) electrons. The fraction of sp³-hybridized carbons (Fsp3) is 0.333. The molecule has 0 fully saturated rings. The summed E-state index contributed by atoms with van der Waals surface area (Å²) < 4.78 is 51.1. The summed E-state index contributed by atoms with van der Waals surface area (Å²) in [7, 11) is 3.35. The van der Waals surface area contributed by atoms with Gasteiger partial charge in [0.2, 0.25) is 0 Å². The standard InChI is InChI=1S/C30H29F3O2/c1-18-10-13-21(30(31,32)33)16-20(18)12-11-19-6-4-7-23-22(19)14-15-24-25-8-5-9-27(34-2)29(25)28(35-3)17-26(23)24/h5,8-10,13-17,19H,4,6-7,11-12H2,1-3H3/t19-/m0/s1. The summed E-state index contributed by atoms with van der Waals surface area (Å²) in [5, 5.41) is 4.44. The number of hydrogen-bond donors (Lipinski definition) is 0. The van der Waals surface area contributed by atoms with Gasteiger partial charge in [-0.3, -0.25) is 0 Å². The molecule has 0 saturated carbocycles. The van der Waals surface area contributed by atoms with Gasteiger partial charge in [-0.25, -0.2) is 0 Å². The second-order valence-electron chi connectivity index (χ2n) is 9.46. The van der Waals surface area contributed by atoms with Gasteiger partial charge in [-0.05, 0) is 108 Å². The van der Waals surface area contributed by atoms with Crippen molar-refractivity contribution in [3.63, 3.8) is 0 Å². The van der Waals surface area contributed by atoms with Crippen LogP contribution in [0.1, 0.15) is 53.0 Å². The molecule has 0 amide bonds. The summed E-state index contributed by atoms with van der Waals surface area (Å²) in [6.45, 7) is 1.89. The first-order valence-electron chi connectivity index (χ1n) is 12.1.